The van der Waals surface area contributed by atoms with Gasteiger partial charge in [0.2, 0.25) is 11.8 Å². The van der Waals surface area contributed by atoms with Crippen LogP contribution in [0, 0.1) is 17.3 Å². The molecular weight excluding hydrogens is 324 g/mol. The fourth-order valence-electron chi connectivity index (χ4n) is 4.35. The zero-order chi connectivity index (χ0) is 16.7. The van der Waals surface area contributed by atoms with Gasteiger partial charge in [-0.2, -0.15) is 11.3 Å². The van der Waals surface area contributed by atoms with E-state index >= 15 is 0 Å². The quantitative estimate of drug-likeness (QED) is 0.894. The van der Waals surface area contributed by atoms with Crippen molar-refractivity contribution in [1.82, 2.24) is 9.80 Å². The van der Waals surface area contributed by atoms with Crippen LogP contribution in [0.3, 0.4) is 0 Å². The molecule has 2 amide bonds. The molecule has 3 aliphatic rings. The van der Waals surface area contributed by atoms with Gasteiger partial charge in [-0.1, -0.05) is 6.42 Å². The lowest BCUT2D eigenvalue weighted by atomic mass is 9.82. The molecule has 3 fully saturated rings. The lowest BCUT2D eigenvalue weighted by Gasteiger charge is -2.31. The van der Waals surface area contributed by atoms with Crippen LogP contribution in [0.5, 0.6) is 0 Å². The van der Waals surface area contributed by atoms with Crippen molar-refractivity contribution in [3.63, 3.8) is 0 Å². The van der Waals surface area contributed by atoms with Crippen molar-refractivity contribution in [2.75, 3.05) is 32.8 Å². The van der Waals surface area contributed by atoms with Crippen LogP contribution in [0.4, 0.5) is 0 Å². The summed E-state index contributed by atoms with van der Waals surface area (Å²) in [5.74, 6) is 0.806. The summed E-state index contributed by atoms with van der Waals surface area (Å²) >= 11 is 1.60. The van der Waals surface area contributed by atoms with E-state index in [1.807, 2.05) is 26.6 Å². The zero-order valence-electron chi connectivity index (χ0n) is 13.8. The van der Waals surface area contributed by atoms with Crippen LogP contribution < -0.4 is 0 Å². The van der Waals surface area contributed by atoms with Crippen LogP contribution in [-0.2, 0) is 16.0 Å². The Hall–Kier alpha value is -1.40. The molecule has 0 bridgehead atoms. The standard InChI is InChI=1S/C18H24N2O3S/c21-12-18-10-19(16(22)6-13-4-5-24-9-13)7-15(18)8-20(11-18)17(23)14-2-1-3-14/h4-5,9,14-15,21H,1-3,6-8,10-12H2/t15-,18+/m0/s1. The Kier molecular flexibility index (Phi) is 4.12. The highest BCUT2D eigenvalue weighted by molar-refractivity contribution is 7.08. The summed E-state index contributed by atoms with van der Waals surface area (Å²) in [6, 6.07) is 1.99. The maximum absolute atomic E-state index is 12.5. The van der Waals surface area contributed by atoms with Gasteiger partial charge in [-0.3, -0.25) is 9.59 Å². The number of rotatable bonds is 4. The molecule has 2 atom stereocenters. The number of fused-ring (bicyclic) bond motifs is 1. The third-order valence-electron chi connectivity index (χ3n) is 6.13. The smallest absolute Gasteiger partial charge is 0.227 e. The van der Waals surface area contributed by atoms with Crippen molar-refractivity contribution < 1.29 is 14.7 Å². The summed E-state index contributed by atoms with van der Waals surface area (Å²) in [5, 5.41) is 14.0. The highest BCUT2D eigenvalue weighted by Crippen LogP contribution is 2.43. The molecule has 0 radical (unpaired) electrons. The molecule has 6 heteroatoms. The molecule has 0 unspecified atom stereocenters. The third-order valence-corrected chi connectivity index (χ3v) is 6.86. The first-order valence-corrected chi connectivity index (χ1v) is 9.74. The fraction of sp³-hybridized carbons (Fsp3) is 0.667. The lowest BCUT2D eigenvalue weighted by Crippen LogP contribution is -2.43. The Balaban J connectivity index is 1.41. The van der Waals surface area contributed by atoms with Gasteiger partial charge in [-0.15, -0.1) is 0 Å². The van der Waals surface area contributed by atoms with Gasteiger partial charge < -0.3 is 14.9 Å². The van der Waals surface area contributed by atoms with Gasteiger partial charge in [0.25, 0.3) is 0 Å². The van der Waals surface area contributed by atoms with Gasteiger partial charge in [0, 0.05) is 43.4 Å². The molecule has 1 aliphatic carbocycles. The topological polar surface area (TPSA) is 60.9 Å². The first-order chi connectivity index (χ1) is 11.6. The molecule has 0 spiro atoms. The average Bonchev–Trinajstić information content (AvgIpc) is 3.18. The maximum Gasteiger partial charge on any atom is 0.227 e. The minimum Gasteiger partial charge on any atom is -0.396 e. The molecule has 2 saturated heterocycles. The second kappa shape index (κ2) is 6.15. The van der Waals surface area contributed by atoms with Gasteiger partial charge in [-0.25, -0.2) is 0 Å². The molecule has 1 N–H and O–H groups in total. The Morgan fingerprint density at radius 1 is 1.25 bits per heavy atom. The van der Waals surface area contributed by atoms with E-state index in [1.165, 1.54) is 0 Å². The van der Waals surface area contributed by atoms with Crippen LogP contribution in [-0.4, -0.2) is 59.5 Å². The van der Waals surface area contributed by atoms with Crippen LogP contribution in [0.1, 0.15) is 24.8 Å². The van der Waals surface area contributed by atoms with Crippen molar-refractivity contribution in [3.05, 3.63) is 22.4 Å². The fourth-order valence-corrected chi connectivity index (χ4v) is 5.02. The van der Waals surface area contributed by atoms with Gasteiger partial charge in [-0.05, 0) is 35.2 Å². The van der Waals surface area contributed by atoms with E-state index in [0.29, 0.717) is 32.6 Å². The SMILES string of the molecule is O=C(Cc1ccsc1)N1C[C@H]2CN(C(=O)C3CCC3)C[C@@]2(CO)C1. The zero-order valence-corrected chi connectivity index (χ0v) is 14.6. The summed E-state index contributed by atoms with van der Waals surface area (Å²) in [6.07, 6.45) is 3.61. The lowest BCUT2D eigenvalue weighted by molar-refractivity contribution is -0.138. The Morgan fingerprint density at radius 3 is 2.58 bits per heavy atom. The van der Waals surface area contributed by atoms with E-state index < -0.39 is 0 Å². The number of hydrogen-bond acceptors (Lipinski definition) is 4. The maximum atomic E-state index is 12.5. The molecule has 130 valence electrons. The molecule has 3 heterocycles. The predicted octanol–water partition coefficient (Wildman–Crippen LogP) is 1.37. The van der Waals surface area contributed by atoms with E-state index in [1.54, 1.807) is 11.3 Å². The summed E-state index contributed by atoms with van der Waals surface area (Å²) in [4.78, 5) is 28.9. The van der Waals surface area contributed by atoms with Crippen LogP contribution in [0.25, 0.3) is 0 Å². The average molecular weight is 348 g/mol. The summed E-state index contributed by atoms with van der Waals surface area (Å²) in [6.45, 7) is 2.59. The second-order valence-electron chi connectivity index (χ2n) is 7.65. The van der Waals surface area contributed by atoms with Gasteiger partial charge in [0.15, 0.2) is 0 Å². The molecule has 1 saturated carbocycles. The number of hydrogen-bond donors (Lipinski definition) is 1. The summed E-state index contributed by atoms with van der Waals surface area (Å²) in [5.41, 5.74) is 0.742. The van der Waals surface area contributed by atoms with Crippen molar-refractivity contribution in [2.45, 2.75) is 25.7 Å². The monoisotopic (exact) mass is 348 g/mol. The van der Waals surface area contributed by atoms with E-state index in [9.17, 15) is 14.7 Å². The van der Waals surface area contributed by atoms with E-state index in [2.05, 4.69) is 0 Å². The largest absolute Gasteiger partial charge is 0.396 e. The minimum atomic E-state index is -0.316. The highest BCUT2D eigenvalue weighted by atomic mass is 32.1. The molecule has 2 aliphatic heterocycles. The Morgan fingerprint density at radius 2 is 2.00 bits per heavy atom. The van der Waals surface area contributed by atoms with Crippen LogP contribution >= 0.6 is 11.3 Å². The summed E-state index contributed by atoms with van der Waals surface area (Å²) in [7, 11) is 0. The number of thiophene rings is 1. The van der Waals surface area contributed by atoms with Gasteiger partial charge in [0.1, 0.15) is 0 Å². The third kappa shape index (κ3) is 2.65. The molecule has 0 aromatic carbocycles. The van der Waals surface area contributed by atoms with Crippen molar-refractivity contribution in [1.29, 1.82) is 0 Å². The Labute approximate surface area is 146 Å². The number of carbonyl (C=O) groups excluding carboxylic acids is 2. The molecular formula is C18H24N2O3S. The number of amides is 2. The molecule has 4 rings (SSSR count). The van der Waals surface area contributed by atoms with E-state index in [0.717, 1.165) is 24.8 Å². The van der Waals surface area contributed by atoms with Gasteiger partial charge >= 0.3 is 0 Å². The highest BCUT2D eigenvalue weighted by Gasteiger charge is 2.54. The number of carbonyl (C=O) groups is 2. The van der Waals surface area contributed by atoms with Crippen LogP contribution in [0.15, 0.2) is 16.8 Å². The number of likely N-dealkylation sites (tertiary alicyclic amines) is 2. The minimum absolute atomic E-state index is 0.0499. The predicted molar refractivity (Wildman–Crippen MR) is 91.5 cm³/mol. The number of nitrogens with zero attached hydrogens (tertiary/aromatic N) is 2. The van der Waals surface area contributed by atoms with Gasteiger partial charge in [0.05, 0.1) is 13.0 Å². The molecule has 1 aromatic rings. The Bertz CT molecular complexity index is 628. The normalized spacial score (nSPS) is 29.6. The molecule has 5 nitrogen and oxygen atoms in total. The van der Waals surface area contributed by atoms with E-state index in [4.69, 9.17) is 0 Å². The number of aliphatic hydroxyl groups excluding tert-OH is 1. The molecule has 1 aromatic heterocycles. The number of aliphatic hydroxyl groups is 1. The first kappa shape index (κ1) is 16.1. The summed E-state index contributed by atoms with van der Waals surface area (Å²) < 4.78 is 0. The van der Waals surface area contributed by atoms with Crippen LogP contribution in [0.2, 0.25) is 0 Å². The van der Waals surface area contributed by atoms with E-state index in [-0.39, 0.29) is 35.7 Å². The molecule has 24 heavy (non-hydrogen) atoms. The first-order valence-electron chi connectivity index (χ1n) is 8.80. The second-order valence-corrected chi connectivity index (χ2v) is 8.43. The van der Waals surface area contributed by atoms with Crippen molar-refractivity contribution >= 4 is 23.2 Å². The van der Waals surface area contributed by atoms with Crippen molar-refractivity contribution in [3.8, 4) is 0 Å². The van der Waals surface area contributed by atoms with Crippen molar-refractivity contribution in [2.24, 2.45) is 17.3 Å².